The maximum Gasteiger partial charge on any atom is 0.251 e. The first kappa shape index (κ1) is 16.8. The van der Waals surface area contributed by atoms with Crippen molar-refractivity contribution >= 4 is 10.9 Å². The fraction of sp³-hybridized carbons (Fsp3) is 0.421. The van der Waals surface area contributed by atoms with Gasteiger partial charge in [-0.3, -0.25) is 14.8 Å². The predicted octanol–water partition coefficient (Wildman–Crippen LogP) is 2.34. The van der Waals surface area contributed by atoms with Gasteiger partial charge in [-0.15, -0.1) is 0 Å². The van der Waals surface area contributed by atoms with Gasteiger partial charge in [0.25, 0.3) is 5.56 Å². The molecule has 1 aliphatic heterocycles. The number of hydrogen-bond acceptors (Lipinski definition) is 5. The highest BCUT2D eigenvalue weighted by atomic mass is 16.5. The van der Waals surface area contributed by atoms with Gasteiger partial charge in [0.1, 0.15) is 11.6 Å². The number of aromatic nitrogens is 4. The van der Waals surface area contributed by atoms with Crippen molar-refractivity contribution < 1.29 is 4.74 Å². The first-order valence-electron chi connectivity index (χ1n) is 8.93. The molecule has 3 heterocycles. The predicted molar refractivity (Wildman–Crippen MR) is 99.5 cm³/mol. The largest absolute Gasteiger partial charge is 0.497 e. The topological polar surface area (TPSA) is 86.9 Å². The molecule has 7 heteroatoms. The van der Waals surface area contributed by atoms with Gasteiger partial charge in [-0.1, -0.05) is 0 Å². The van der Waals surface area contributed by atoms with E-state index in [9.17, 15) is 4.79 Å². The number of nitrogens with one attached hydrogen (secondary N) is 2. The molecule has 0 saturated carbocycles. The third kappa shape index (κ3) is 3.35. The number of rotatable bonds is 4. The molecule has 0 amide bonds. The molecule has 0 unspecified atom stereocenters. The van der Waals surface area contributed by atoms with Crippen molar-refractivity contribution in [3.05, 3.63) is 51.8 Å². The third-order valence-corrected chi connectivity index (χ3v) is 5.03. The molecular formula is C19H23N5O2. The maximum absolute atomic E-state index is 11.8. The highest BCUT2D eigenvalue weighted by Gasteiger charge is 2.24. The highest BCUT2D eigenvalue weighted by Crippen LogP contribution is 2.28. The number of aromatic amines is 2. The van der Waals surface area contributed by atoms with Crippen LogP contribution in [0.15, 0.2) is 29.1 Å². The molecule has 2 aromatic heterocycles. The van der Waals surface area contributed by atoms with E-state index in [-0.39, 0.29) is 11.5 Å². The molecule has 1 atom stereocenters. The summed E-state index contributed by atoms with van der Waals surface area (Å²) in [5.41, 5.74) is 2.86. The molecule has 2 N–H and O–H groups in total. The molecule has 4 rings (SSSR count). The Morgan fingerprint density at radius 1 is 1.35 bits per heavy atom. The minimum absolute atomic E-state index is 0.0729. The zero-order valence-electron chi connectivity index (χ0n) is 15.1. The maximum atomic E-state index is 11.8. The lowest BCUT2D eigenvalue weighted by molar-refractivity contribution is 0.197. The molecule has 0 spiro atoms. The molecule has 1 aliphatic rings. The number of nitrogens with zero attached hydrogens (tertiary/aromatic N) is 3. The summed E-state index contributed by atoms with van der Waals surface area (Å²) in [6.07, 6.45) is 2.15. The molecule has 26 heavy (non-hydrogen) atoms. The fourth-order valence-corrected chi connectivity index (χ4v) is 3.77. The van der Waals surface area contributed by atoms with Crippen molar-refractivity contribution in [1.82, 2.24) is 25.1 Å². The number of likely N-dealkylation sites (tertiary alicyclic amines) is 1. The molecule has 3 aromatic rings. The molecular weight excluding hydrogens is 330 g/mol. The zero-order chi connectivity index (χ0) is 18.1. The molecule has 1 fully saturated rings. The van der Waals surface area contributed by atoms with Gasteiger partial charge >= 0.3 is 0 Å². The molecule has 7 nitrogen and oxygen atoms in total. The summed E-state index contributed by atoms with van der Waals surface area (Å²) in [5, 5.41) is 8.66. The van der Waals surface area contributed by atoms with E-state index in [4.69, 9.17) is 4.74 Å². The van der Waals surface area contributed by atoms with Crippen LogP contribution >= 0.6 is 0 Å². The van der Waals surface area contributed by atoms with Crippen LogP contribution in [0.3, 0.4) is 0 Å². The standard InChI is InChI=1S/C19H23N5O2/c1-12-20-17(9-19(25)21-12)13-4-3-7-24(10-13)11-18-15-8-14(26-2)5-6-16(15)22-23-18/h5-6,8-9,13H,3-4,7,10-11H2,1-2H3,(H,22,23)(H,20,21,25)/t13-/m1/s1. The minimum Gasteiger partial charge on any atom is -0.497 e. The van der Waals surface area contributed by atoms with E-state index < -0.39 is 0 Å². The lowest BCUT2D eigenvalue weighted by atomic mass is 9.94. The Morgan fingerprint density at radius 3 is 3.04 bits per heavy atom. The van der Waals surface area contributed by atoms with Crippen LogP contribution in [0.25, 0.3) is 10.9 Å². The Labute approximate surface area is 151 Å². The summed E-state index contributed by atoms with van der Waals surface area (Å²) >= 11 is 0. The van der Waals surface area contributed by atoms with Gasteiger partial charge in [0, 0.05) is 30.5 Å². The number of piperidine rings is 1. The van der Waals surface area contributed by atoms with Gasteiger partial charge in [0.2, 0.25) is 0 Å². The van der Waals surface area contributed by atoms with E-state index in [2.05, 4.69) is 25.1 Å². The Hall–Kier alpha value is -2.67. The summed E-state index contributed by atoms with van der Waals surface area (Å²) < 4.78 is 5.34. The average Bonchev–Trinajstić information content (AvgIpc) is 3.03. The van der Waals surface area contributed by atoms with Gasteiger partial charge < -0.3 is 9.72 Å². The Bertz CT molecular complexity index is 977. The van der Waals surface area contributed by atoms with E-state index in [0.717, 1.165) is 60.5 Å². The van der Waals surface area contributed by atoms with E-state index in [1.54, 1.807) is 13.2 Å². The van der Waals surface area contributed by atoms with Crippen LogP contribution in [-0.4, -0.2) is 45.3 Å². The second-order valence-corrected chi connectivity index (χ2v) is 6.92. The third-order valence-electron chi connectivity index (χ3n) is 5.03. The number of aryl methyl sites for hydroxylation is 1. The Balaban J connectivity index is 1.54. The smallest absolute Gasteiger partial charge is 0.251 e. The van der Waals surface area contributed by atoms with Crippen LogP contribution in [0.4, 0.5) is 0 Å². The molecule has 0 aliphatic carbocycles. The lowest BCUT2D eigenvalue weighted by Gasteiger charge is -2.32. The van der Waals surface area contributed by atoms with Crippen LogP contribution < -0.4 is 10.3 Å². The number of hydrogen-bond donors (Lipinski definition) is 2. The summed E-state index contributed by atoms with van der Waals surface area (Å²) in [7, 11) is 1.67. The first-order chi connectivity index (χ1) is 12.6. The van der Waals surface area contributed by atoms with E-state index in [1.165, 1.54) is 0 Å². The highest BCUT2D eigenvalue weighted by molar-refractivity contribution is 5.82. The number of methoxy groups -OCH3 is 1. The van der Waals surface area contributed by atoms with E-state index >= 15 is 0 Å². The van der Waals surface area contributed by atoms with Crippen LogP contribution in [0, 0.1) is 6.92 Å². The second-order valence-electron chi connectivity index (χ2n) is 6.92. The van der Waals surface area contributed by atoms with Crippen LogP contribution in [0.5, 0.6) is 5.75 Å². The summed E-state index contributed by atoms with van der Waals surface area (Å²) in [4.78, 5) is 21.4. The molecule has 136 valence electrons. The average molecular weight is 353 g/mol. The van der Waals surface area contributed by atoms with Crippen molar-refractivity contribution in [2.45, 2.75) is 32.2 Å². The normalized spacial score (nSPS) is 18.3. The summed E-state index contributed by atoms with van der Waals surface area (Å²) in [6, 6.07) is 7.55. The first-order valence-corrected chi connectivity index (χ1v) is 8.93. The Morgan fingerprint density at radius 2 is 2.23 bits per heavy atom. The number of benzene rings is 1. The van der Waals surface area contributed by atoms with Crippen molar-refractivity contribution in [1.29, 1.82) is 0 Å². The lowest BCUT2D eigenvalue weighted by Crippen LogP contribution is -2.34. The Kier molecular flexibility index (Phi) is 4.46. The fourth-order valence-electron chi connectivity index (χ4n) is 3.77. The zero-order valence-corrected chi connectivity index (χ0v) is 15.1. The van der Waals surface area contributed by atoms with Gasteiger partial charge in [-0.2, -0.15) is 5.10 Å². The monoisotopic (exact) mass is 353 g/mol. The van der Waals surface area contributed by atoms with Crippen LogP contribution in [0.1, 0.15) is 36.0 Å². The van der Waals surface area contributed by atoms with Crippen molar-refractivity contribution in [2.75, 3.05) is 20.2 Å². The summed E-state index contributed by atoms with van der Waals surface area (Å²) in [6.45, 7) is 4.54. The minimum atomic E-state index is -0.0729. The van der Waals surface area contributed by atoms with Gasteiger partial charge in [0.05, 0.1) is 24.0 Å². The van der Waals surface area contributed by atoms with E-state index in [1.807, 2.05) is 25.1 Å². The van der Waals surface area contributed by atoms with Crippen LogP contribution in [0.2, 0.25) is 0 Å². The van der Waals surface area contributed by atoms with Gasteiger partial charge in [-0.05, 0) is 44.5 Å². The number of ether oxygens (including phenoxy) is 1. The molecule has 1 aromatic carbocycles. The number of H-pyrrole nitrogens is 2. The van der Waals surface area contributed by atoms with E-state index in [0.29, 0.717) is 5.82 Å². The summed E-state index contributed by atoms with van der Waals surface area (Å²) in [5.74, 6) is 1.80. The SMILES string of the molecule is COc1ccc2n[nH]c(CN3CCC[C@@H](c4cc(=O)[nH]c(C)n4)C3)c2c1. The van der Waals surface area contributed by atoms with Gasteiger partial charge in [0.15, 0.2) is 0 Å². The van der Waals surface area contributed by atoms with Crippen LogP contribution in [-0.2, 0) is 6.54 Å². The van der Waals surface area contributed by atoms with Crippen molar-refractivity contribution in [3.8, 4) is 5.75 Å². The second kappa shape index (κ2) is 6.92. The molecule has 1 saturated heterocycles. The molecule has 0 radical (unpaired) electrons. The van der Waals surface area contributed by atoms with Gasteiger partial charge in [-0.25, -0.2) is 4.98 Å². The van der Waals surface area contributed by atoms with Crippen molar-refractivity contribution in [3.63, 3.8) is 0 Å². The number of fused-ring (bicyclic) bond motifs is 1. The molecule has 0 bridgehead atoms. The quantitative estimate of drug-likeness (QED) is 0.752. The van der Waals surface area contributed by atoms with Crippen molar-refractivity contribution in [2.24, 2.45) is 0 Å².